The maximum Gasteiger partial charge on any atom is 0.222 e. The van der Waals surface area contributed by atoms with Crippen molar-refractivity contribution in [3.8, 4) is 0 Å². The molecule has 2 aliphatic carbocycles. The summed E-state index contributed by atoms with van der Waals surface area (Å²) < 4.78 is 0. The van der Waals surface area contributed by atoms with Crippen LogP contribution < -0.4 is 5.73 Å². The average molecular weight is 251 g/mol. The molecule has 102 valence electrons. The van der Waals surface area contributed by atoms with Crippen LogP contribution in [0.1, 0.15) is 38.5 Å². The summed E-state index contributed by atoms with van der Waals surface area (Å²) in [5.41, 5.74) is 6.05. The van der Waals surface area contributed by atoms with E-state index in [0.29, 0.717) is 18.2 Å². The highest BCUT2D eigenvalue weighted by atomic mass is 16.2. The van der Waals surface area contributed by atoms with E-state index in [1.807, 2.05) is 0 Å². The van der Waals surface area contributed by atoms with E-state index in [1.54, 1.807) is 0 Å². The minimum atomic E-state index is 0.265. The molecule has 2 N–H and O–H groups in total. The number of carbonyl (C=O) groups excluding carboxylic acids is 1. The number of nitrogens with zero attached hydrogens (tertiary/aromatic N) is 2. The minimum Gasteiger partial charge on any atom is -0.340 e. The Hall–Kier alpha value is -0.610. The van der Waals surface area contributed by atoms with E-state index in [0.717, 1.165) is 45.1 Å². The van der Waals surface area contributed by atoms with E-state index >= 15 is 0 Å². The first-order chi connectivity index (χ1) is 8.74. The van der Waals surface area contributed by atoms with Gasteiger partial charge in [-0.15, -0.1) is 0 Å². The van der Waals surface area contributed by atoms with Crippen molar-refractivity contribution >= 4 is 5.91 Å². The highest BCUT2D eigenvalue weighted by Gasteiger charge is 2.33. The second kappa shape index (κ2) is 5.17. The molecule has 1 heterocycles. The topological polar surface area (TPSA) is 49.6 Å². The lowest BCUT2D eigenvalue weighted by Crippen LogP contribution is -2.49. The van der Waals surface area contributed by atoms with Gasteiger partial charge >= 0.3 is 0 Å². The lowest BCUT2D eigenvalue weighted by atomic mass is 9.99. The first-order valence-corrected chi connectivity index (χ1v) is 7.51. The van der Waals surface area contributed by atoms with Crippen LogP contribution in [0.3, 0.4) is 0 Å². The summed E-state index contributed by atoms with van der Waals surface area (Å²) >= 11 is 0. The summed E-state index contributed by atoms with van der Waals surface area (Å²) in [4.78, 5) is 16.8. The third kappa shape index (κ3) is 2.69. The minimum absolute atomic E-state index is 0.265. The summed E-state index contributed by atoms with van der Waals surface area (Å²) in [6.07, 6.45) is 6.87. The van der Waals surface area contributed by atoms with Crippen LogP contribution in [-0.4, -0.2) is 54.0 Å². The molecule has 18 heavy (non-hydrogen) atoms. The van der Waals surface area contributed by atoms with Crippen LogP contribution in [0.4, 0.5) is 0 Å². The fourth-order valence-electron chi connectivity index (χ4n) is 3.45. The molecule has 0 aromatic heterocycles. The van der Waals surface area contributed by atoms with Gasteiger partial charge < -0.3 is 10.6 Å². The predicted octanol–water partition coefficient (Wildman–Crippen LogP) is 0.810. The molecule has 4 nitrogen and oxygen atoms in total. The number of amides is 1. The van der Waals surface area contributed by atoms with Crippen LogP contribution in [0.2, 0.25) is 0 Å². The molecule has 3 fully saturated rings. The fraction of sp³-hybridized carbons (Fsp3) is 0.929. The monoisotopic (exact) mass is 251 g/mol. The first-order valence-electron chi connectivity index (χ1n) is 7.51. The predicted molar refractivity (Wildman–Crippen MR) is 71.1 cm³/mol. The molecule has 0 aromatic rings. The Morgan fingerprint density at radius 2 is 1.78 bits per heavy atom. The molecule has 0 aromatic carbocycles. The van der Waals surface area contributed by atoms with E-state index in [2.05, 4.69) is 9.80 Å². The van der Waals surface area contributed by atoms with E-state index in [9.17, 15) is 4.79 Å². The molecular formula is C14H25N3O. The van der Waals surface area contributed by atoms with Crippen molar-refractivity contribution in [3.05, 3.63) is 0 Å². The zero-order valence-electron chi connectivity index (χ0n) is 11.2. The van der Waals surface area contributed by atoms with E-state index < -0.39 is 0 Å². The Morgan fingerprint density at radius 1 is 1.06 bits per heavy atom. The molecule has 3 aliphatic rings. The molecule has 0 unspecified atom stereocenters. The van der Waals surface area contributed by atoms with Gasteiger partial charge in [-0.25, -0.2) is 0 Å². The van der Waals surface area contributed by atoms with Gasteiger partial charge in [-0.2, -0.15) is 0 Å². The summed E-state index contributed by atoms with van der Waals surface area (Å²) in [6.45, 7) is 4.01. The van der Waals surface area contributed by atoms with Gasteiger partial charge in [0, 0.05) is 44.7 Å². The van der Waals surface area contributed by atoms with Crippen LogP contribution in [0.15, 0.2) is 0 Å². The van der Waals surface area contributed by atoms with Crippen LogP contribution in [0, 0.1) is 5.92 Å². The zero-order chi connectivity index (χ0) is 12.5. The van der Waals surface area contributed by atoms with Crippen molar-refractivity contribution < 1.29 is 4.79 Å². The Balaban J connectivity index is 1.45. The van der Waals surface area contributed by atoms with E-state index in [4.69, 9.17) is 5.73 Å². The molecule has 0 radical (unpaired) electrons. The number of hydrogen-bond acceptors (Lipinski definition) is 3. The highest BCUT2D eigenvalue weighted by Crippen LogP contribution is 2.29. The summed E-state index contributed by atoms with van der Waals surface area (Å²) in [7, 11) is 0. The van der Waals surface area contributed by atoms with Gasteiger partial charge in [0.25, 0.3) is 0 Å². The van der Waals surface area contributed by atoms with Crippen LogP contribution >= 0.6 is 0 Å². The summed E-state index contributed by atoms with van der Waals surface area (Å²) in [5, 5.41) is 0. The van der Waals surface area contributed by atoms with Gasteiger partial charge in [0.05, 0.1) is 0 Å². The molecule has 2 saturated carbocycles. The second-order valence-electron chi connectivity index (χ2n) is 6.21. The van der Waals surface area contributed by atoms with Gasteiger partial charge in [0.2, 0.25) is 5.91 Å². The van der Waals surface area contributed by atoms with Gasteiger partial charge in [-0.05, 0) is 31.6 Å². The summed E-state index contributed by atoms with van der Waals surface area (Å²) in [5.74, 6) is 0.784. The standard InChI is InChI=1S/C14H25N3O/c15-13-3-1-2-11(13)10-14(18)17-8-6-16(7-9-17)12-4-5-12/h11-13H,1-10,15H2/t11-,13+/m0/s1. The van der Waals surface area contributed by atoms with Crippen molar-refractivity contribution in [1.82, 2.24) is 9.80 Å². The van der Waals surface area contributed by atoms with Crippen molar-refractivity contribution in [2.75, 3.05) is 26.2 Å². The SMILES string of the molecule is N[C@@H]1CCC[C@H]1CC(=O)N1CCN(C2CC2)CC1. The highest BCUT2D eigenvalue weighted by molar-refractivity contribution is 5.76. The number of carbonyl (C=O) groups is 1. The average Bonchev–Trinajstić information content (AvgIpc) is 3.16. The van der Waals surface area contributed by atoms with Crippen LogP contribution in [0.5, 0.6) is 0 Å². The van der Waals surface area contributed by atoms with Crippen molar-refractivity contribution in [2.45, 2.75) is 50.6 Å². The Morgan fingerprint density at radius 3 is 2.33 bits per heavy atom. The Kier molecular flexibility index (Phi) is 3.57. The molecule has 0 bridgehead atoms. The van der Waals surface area contributed by atoms with Gasteiger partial charge in [0.15, 0.2) is 0 Å². The van der Waals surface area contributed by atoms with Crippen molar-refractivity contribution in [3.63, 3.8) is 0 Å². The second-order valence-corrected chi connectivity index (χ2v) is 6.21. The van der Waals surface area contributed by atoms with Gasteiger partial charge in [-0.1, -0.05) is 6.42 Å². The lowest BCUT2D eigenvalue weighted by Gasteiger charge is -2.35. The first kappa shape index (κ1) is 12.4. The van der Waals surface area contributed by atoms with Crippen LogP contribution in [-0.2, 0) is 4.79 Å². The molecule has 1 saturated heterocycles. The quantitative estimate of drug-likeness (QED) is 0.807. The number of hydrogen-bond donors (Lipinski definition) is 1. The molecule has 1 aliphatic heterocycles. The third-order valence-corrected chi connectivity index (χ3v) is 4.88. The maximum absolute atomic E-state index is 12.2. The number of piperazine rings is 1. The van der Waals surface area contributed by atoms with E-state index in [1.165, 1.54) is 19.3 Å². The smallest absolute Gasteiger partial charge is 0.222 e. The number of nitrogens with two attached hydrogens (primary N) is 1. The largest absolute Gasteiger partial charge is 0.340 e. The fourth-order valence-corrected chi connectivity index (χ4v) is 3.45. The zero-order valence-corrected chi connectivity index (χ0v) is 11.2. The van der Waals surface area contributed by atoms with Crippen molar-refractivity contribution in [1.29, 1.82) is 0 Å². The molecule has 2 atom stereocenters. The molecule has 3 rings (SSSR count). The molecule has 0 spiro atoms. The normalized spacial score (nSPS) is 33.9. The molecular weight excluding hydrogens is 226 g/mol. The van der Waals surface area contributed by atoms with Gasteiger partial charge in [-0.3, -0.25) is 9.69 Å². The third-order valence-electron chi connectivity index (χ3n) is 4.88. The summed E-state index contributed by atoms with van der Waals surface area (Å²) in [6, 6.07) is 1.10. The lowest BCUT2D eigenvalue weighted by molar-refractivity contribution is -0.134. The molecule has 4 heteroatoms. The maximum atomic E-state index is 12.2. The Labute approximate surface area is 109 Å². The molecule has 1 amide bonds. The Bertz CT molecular complexity index is 308. The van der Waals surface area contributed by atoms with E-state index in [-0.39, 0.29) is 6.04 Å². The van der Waals surface area contributed by atoms with Crippen molar-refractivity contribution in [2.24, 2.45) is 11.7 Å². The van der Waals surface area contributed by atoms with Crippen LogP contribution in [0.25, 0.3) is 0 Å². The number of rotatable bonds is 3. The van der Waals surface area contributed by atoms with Gasteiger partial charge in [0.1, 0.15) is 0 Å².